The maximum Gasteiger partial charge on any atom is 0.240 e. The summed E-state index contributed by atoms with van der Waals surface area (Å²) in [5.41, 5.74) is 0.599. The number of benzene rings is 1. The Morgan fingerprint density at radius 3 is 2.63 bits per heavy atom. The van der Waals surface area contributed by atoms with Crippen LogP contribution in [0.5, 0.6) is 0 Å². The van der Waals surface area contributed by atoms with Crippen molar-refractivity contribution < 1.29 is 23.6 Å². The van der Waals surface area contributed by atoms with Crippen molar-refractivity contribution in [3.05, 3.63) is 42.2 Å². The second kappa shape index (κ2) is 10.5. The summed E-state index contributed by atoms with van der Waals surface area (Å²) in [5.74, 6) is -0.0679. The number of anilines is 2. The highest BCUT2D eigenvalue weighted by Gasteiger charge is 2.22. The van der Waals surface area contributed by atoms with Gasteiger partial charge in [0.25, 0.3) is 0 Å². The molecule has 0 bridgehead atoms. The van der Waals surface area contributed by atoms with E-state index >= 15 is 0 Å². The van der Waals surface area contributed by atoms with Crippen LogP contribution in [-0.4, -0.2) is 48.7 Å². The first-order valence-corrected chi connectivity index (χ1v) is 9.98. The molecule has 3 amide bonds. The van der Waals surface area contributed by atoms with Crippen molar-refractivity contribution >= 4 is 29.2 Å². The van der Waals surface area contributed by atoms with Crippen molar-refractivity contribution in [2.75, 3.05) is 29.9 Å². The van der Waals surface area contributed by atoms with Gasteiger partial charge in [-0.15, -0.1) is 0 Å². The fraction of sp³-hybridized carbons (Fsp3) is 0.429. The van der Waals surface area contributed by atoms with Crippen LogP contribution in [0.2, 0.25) is 0 Å². The first kappa shape index (κ1) is 21.5. The number of rotatable bonds is 9. The van der Waals surface area contributed by atoms with Gasteiger partial charge in [-0.3, -0.25) is 14.4 Å². The molecule has 0 aliphatic carbocycles. The highest BCUT2D eigenvalue weighted by Crippen LogP contribution is 2.16. The molecule has 2 heterocycles. The molecule has 1 aromatic carbocycles. The van der Waals surface area contributed by atoms with Crippen LogP contribution in [0.15, 0.2) is 40.9 Å². The number of nitrogens with one attached hydrogen (secondary N) is 2. The summed E-state index contributed by atoms with van der Waals surface area (Å²) in [4.78, 5) is 38.7. The van der Waals surface area contributed by atoms with Crippen LogP contribution >= 0.6 is 0 Å². The molecule has 9 heteroatoms. The smallest absolute Gasteiger partial charge is 0.240 e. The van der Waals surface area contributed by atoms with E-state index in [4.69, 9.17) is 9.26 Å². The zero-order valence-electron chi connectivity index (χ0n) is 16.9. The molecule has 2 aromatic rings. The lowest BCUT2D eigenvalue weighted by Gasteiger charge is -2.23. The Morgan fingerprint density at radius 2 is 1.97 bits per heavy atom. The molecule has 2 N–H and O–H groups in total. The normalized spacial score (nSPS) is 15.6. The van der Waals surface area contributed by atoms with Crippen molar-refractivity contribution in [2.24, 2.45) is 0 Å². The summed E-state index contributed by atoms with van der Waals surface area (Å²) >= 11 is 0. The number of aryl methyl sites for hydroxylation is 1. The Bertz CT molecular complexity index is 861. The zero-order chi connectivity index (χ0) is 21.3. The number of amides is 3. The number of para-hydroxylation sites is 1. The third-order valence-corrected chi connectivity index (χ3v) is 4.68. The molecule has 1 saturated heterocycles. The van der Waals surface area contributed by atoms with E-state index in [-0.39, 0.29) is 43.2 Å². The Kier molecular flexibility index (Phi) is 7.56. The predicted octanol–water partition coefficient (Wildman–Crippen LogP) is 2.03. The van der Waals surface area contributed by atoms with E-state index in [9.17, 15) is 14.4 Å². The molecular weight excluding hydrogens is 388 g/mol. The summed E-state index contributed by atoms with van der Waals surface area (Å²) in [7, 11) is 0. The predicted molar refractivity (Wildman–Crippen MR) is 110 cm³/mol. The van der Waals surface area contributed by atoms with E-state index in [1.165, 1.54) is 4.90 Å². The zero-order valence-corrected chi connectivity index (χ0v) is 16.9. The Balaban J connectivity index is 1.55. The van der Waals surface area contributed by atoms with Crippen molar-refractivity contribution in [3.8, 4) is 0 Å². The number of nitrogens with zero attached hydrogens (tertiary/aromatic N) is 2. The van der Waals surface area contributed by atoms with Gasteiger partial charge < -0.3 is 24.8 Å². The second-order valence-corrected chi connectivity index (χ2v) is 7.13. The highest BCUT2D eigenvalue weighted by molar-refractivity contribution is 6.01. The number of carbonyl (C=O) groups is 3. The van der Waals surface area contributed by atoms with Gasteiger partial charge in [0.15, 0.2) is 5.82 Å². The van der Waals surface area contributed by atoms with Crippen molar-refractivity contribution in [2.45, 2.75) is 38.7 Å². The van der Waals surface area contributed by atoms with Crippen LogP contribution in [0.25, 0.3) is 0 Å². The SMILES string of the molecule is Cc1cc(NC(=O)CCC(=O)N(CC(=O)NC[C@@H]2CCCO2)c2ccccc2)no1. The molecule has 1 aliphatic heterocycles. The van der Waals surface area contributed by atoms with E-state index in [2.05, 4.69) is 15.8 Å². The summed E-state index contributed by atoms with van der Waals surface area (Å²) in [6.45, 7) is 2.73. The topological polar surface area (TPSA) is 114 Å². The van der Waals surface area contributed by atoms with E-state index < -0.39 is 0 Å². The van der Waals surface area contributed by atoms with E-state index in [0.29, 0.717) is 30.4 Å². The lowest BCUT2D eigenvalue weighted by Crippen LogP contribution is -2.43. The molecule has 0 spiro atoms. The van der Waals surface area contributed by atoms with Crippen molar-refractivity contribution in [1.29, 1.82) is 0 Å². The molecule has 1 aromatic heterocycles. The minimum atomic E-state index is -0.354. The van der Waals surface area contributed by atoms with Gasteiger partial charge in [0.1, 0.15) is 12.3 Å². The molecule has 160 valence electrons. The van der Waals surface area contributed by atoms with Gasteiger partial charge in [-0.1, -0.05) is 23.4 Å². The summed E-state index contributed by atoms with van der Waals surface area (Å²) in [5, 5.41) is 9.10. The third-order valence-electron chi connectivity index (χ3n) is 4.68. The number of hydrogen-bond donors (Lipinski definition) is 2. The largest absolute Gasteiger partial charge is 0.376 e. The molecule has 30 heavy (non-hydrogen) atoms. The minimum absolute atomic E-state index is 0.0266. The quantitative estimate of drug-likeness (QED) is 0.649. The molecule has 0 unspecified atom stereocenters. The summed E-state index contributed by atoms with van der Waals surface area (Å²) in [6, 6.07) is 10.5. The second-order valence-electron chi connectivity index (χ2n) is 7.13. The minimum Gasteiger partial charge on any atom is -0.376 e. The van der Waals surface area contributed by atoms with Gasteiger partial charge in [-0.05, 0) is 31.9 Å². The molecule has 1 aliphatic rings. The van der Waals surface area contributed by atoms with E-state index in [1.807, 2.05) is 6.07 Å². The maximum absolute atomic E-state index is 12.8. The van der Waals surface area contributed by atoms with Crippen LogP contribution in [0.1, 0.15) is 31.4 Å². The van der Waals surface area contributed by atoms with Crippen LogP contribution in [0, 0.1) is 6.92 Å². The Morgan fingerprint density at radius 1 is 1.17 bits per heavy atom. The molecule has 0 saturated carbocycles. The fourth-order valence-corrected chi connectivity index (χ4v) is 3.15. The maximum atomic E-state index is 12.8. The molecule has 1 atom stereocenters. The molecule has 9 nitrogen and oxygen atoms in total. The van der Waals surface area contributed by atoms with E-state index in [0.717, 1.165) is 12.8 Å². The molecule has 3 rings (SSSR count). The van der Waals surface area contributed by atoms with Crippen molar-refractivity contribution in [3.63, 3.8) is 0 Å². The standard InChI is InChI=1S/C21H26N4O5/c1-15-12-18(24-30-15)23-19(26)9-10-21(28)25(16-6-3-2-4-7-16)14-20(27)22-13-17-8-5-11-29-17/h2-4,6-7,12,17H,5,8-11,13-14H2,1H3,(H,22,27)(H,23,24,26)/t17-/m0/s1. The first-order chi connectivity index (χ1) is 14.5. The Hall–Kier alpha value is -3.20. The lowest BCUT2D eigenvalue weighted by molar-refractivity contribution is -0.125. The van der Waals surface area contributed by atoms with Crippen LogP contribution < -0.4 is 15.5 Å². The molecule has 1 fully saturated rings. The average molecular weight is 414 g/mol. The number of ether oxygens (including phenoxy) is 1. The Labute approximate surface area is 174 Å². The molecular formula is C21H26N4O5. The number of carbonyl (C=O) groups excluding carboxylic acids is 3. The van der Waals surface area contributed by atoms with Crippen LogP contribution in [0.4, 0.5) is 11.5 Å². The van der Waals surface area contributed by atoms with E-state index in [1.54, 1.807) is 37.3 Å². The van der Waals surface area contributed by atoms with Crippen LogP contribution in [0.3, 0.4) is 0 Å². The summed E-state index contributed by atoms with van der Waals surface area (Å²) < 4.78 is 10.4. The van der Waals surface area contributed by atoms with Gasteiger partial charge in [0, 0.05) is 37.7 Å². The van der Waals surface area contributed by atoms with Gasteiger partial charge >= 0.3 is 0 Å². The summed E-state index contributed by atoms with van der Waals surface area (Å²) in [6.07, 6.45) is 1.86. The van der Waals surface area contributed by atoms with Gasteiger partial charge in [0.2, 0.25) is 17.7 Å². The van der Waals surface area contributed by atoms with Gasteiger partial charge in [-0.25, -0.2) is 0 Å². The monoisotopic (exact) mass is 414 g/mol. The highest BCUT2D eigenvalue weighted by atomic mass is 16.5. The molecule has 0 radical (unpaired) electrons. The van der Waals surface area contributed by atoms with Gasteiger partial charge in [-0.2, -0.15) is 0 Å². The fourth-order valence-electron chi connectivity index (χ4n) is 3.15. The lowest BCUT2D eigenvalue weighted by atomic mass is 10.2. The van der Waals surface area contributed by atoms with Crippen LogP contribution in [-0.2, 0) is 19.1 Å². The average Bonchev–Trinajstić information content (AvgIpc) is 3.41. The van der Waals surface area contributed by atoms with Gasteiger partial charge in [0.05, 0.1) is 6.10 Å². The first-order valence-electron chi connectivity index (χ1n) is 9.98. The number of aromatic nitrogens is 1. The third kappa shape index (κ3) is 6.41. The number of hydrogen-bond acceptors (Lipinski definition) is 6. The van der Waals surface area contributed by atoms with Crippen molar-refractivity contribution in [1.82, 2.24) is 10.5 Å².